The molecule has 0 radical (unpaired) electrons. The predicted octanol–water partition coefficient (Wildman–Crippen LogP) is 3.73. The maximum Gasteiger partial charge on any atom is 0.264 e. The normalized spacial score (nSPS) is 15.8. The first-order chi connectivity index (χ1) is 13.7. The van der Waals surface area contributed by atoms with Gasteiger partial charge in [-0.1, -0.05) is 59.2 Å². The van der Waals surface area contributed by atoms with Crippen molar-refractivity contribution in [3.8, 4) is 11.3 Å². The van der Waals surface area contributed by atoms with Crippen LogP contribution in [0.25, 0.3) is 11.3 Å². The summed E-state index contributed by atoms with van der Waals surface area (Å²) in [5, 5.41) is 14.7. The van der Waals surface area contributed by atoms with Crippen LogP contribution >= 0.6 is 11.6 Å². The number of hydrogen-bond acceptors (Lipinski definition) is 4. The molecule has 0 saturated carbocycles. The molecule has 1 aliphatic rings. The summed E-state index contributed by atoms with van der Waals surface area (Å²) in [4.78, 5) is 17.8. The van der Waals surface area contributed by atoms with Crippen molar-refractivity contribution < 1.29 is 9.63 Å². The van der Waals surface area contributed by atoms with Gasteiger partial charge >= 0.3 is 0 Å². The molecule has 2 heterocycles. The Balaban J connectivity index is 1.32. The minimum atomic E-state index is -0.610. The second-order valence-corrected chi connectivity index (χ2v) is 7.05. The Morgan fingerprint density at radius 2 is 2.07 bits per heavy atom. The Morgan fingerprint density at radius 3 is 2.89 bits per heavy atom. The SMILES string of the molecule is O=C(NCc1cn[nH]c1-c1ccccc1)C1CC(Cc2cccc(Cl)c2)=NO1. The molecule has 2 aromatic carbocycles. The van der Waals surface area contributed by atoms with Crippen LogP contribution in [0.5, 0.6) is 0 Å². The van der Waals surface area contributed by atoms with Crippen molar-refractivity contribution in [3.63, 3.8) is 0 Å². The van der Waals surface area contributed by atoms with E-state index in [4.69, 9.17) is 16.4 Å². The number of hydrogen-bond donors (Lipinski definition) is 2. The van der Waals surface area contributed by atoms with Gasteiger partial charge in [-0.05, 0) is 23.3 Å². The quantitative estimate of drug-likeness (QED) is 0.668. The zero-order chi connectivity index (χ0) is 19.3. The van der Waals surface area contributed by atoms with Crippen LogP contribution in [0.15, 0.2) is 65.9 Å². The van der Waals surface area contributed by atoms with Gasteiger partial charge in [0.2, 0.25) is 6.10 Å². The summed E-state index contributed by atoms with van der Waals surface area (Å²) in [5.41, 5.74) is 4.70. The molecule has 1 aliphatic heterocycles. The largest absolute Gasteiger partial charge is 0.382 e. The number of oxime groups is 1. The van der Waals surface area contributed by atoms with E-state index in [0.29, 0.717) is 24.4 Å². The highest BCUT2D eigenvalue weighted by molar-refractivity contribution is 6.30. The Morgan fingerprint density at radius 1 is 1.21 bits per heavy atom. The van der Waals surface area contributed by atoms with E-state index in [1.807, 2.05) is 54.6 Å². The second-order valence-electron chi connectivity index (χ2n) is 6.62. The Bertz CT molecular complexity index is 1000. The van der Waals surface area contributed by atoms with Gasteiger partial charge < -0.3 is 10.2 Å². The van der Waals surface area contributed by atoms with Gasteiger partial charge in [0.1, 0.15) is 0 Å². The van der Waals surface area contributed by atoms with Crippen molar-refractivity contribution in [2.75, 3.05) is 0 Å². The maximum absolute atomic E-state index is 12.5. The third kappa shape index (κ3) is 4.23. The number of carbonyl (C=O) groups excluding carboxylic acids is 1. The van der Waals surface area contributed by atoms with Crippen molar-refractivity contribution in [1.82, 2.24) is 15.5 Å². The molecule has 0 spiro atoms. The van der Waals surface area contributed by atoms with Crippen molar-refractivity contribution in [2.45, 2.75) is 25.5 Å². The molecule has 1 unspecified atom stereocenters. The lowest BCUT2D eigenvalue weighted by Crippen LogP contribution is -2.34. The first kappa shape index (κ1) is 18.3. The summed E-state index contributed by atoms with van der Waals surface area (Å²) >= 11 is 6.01. The molecule has 2 N–H and O–H groups in total. The number of rotatable bonds is 6. The number of aromatic nitrogens is 2. The molecule has 0 fully saturated rings. The van der Waals surface area contributed by atoms with Gasteiger partial charge in [-0.2, -0.15) is 5.10 Å². The van der Waals surface area contributed by atoms with E-state index in [2.05, 4.69) is 20.7 Å². The van der Waals surface area contributed by atoms with Gasteiger partial charge in [0, 0.05) is 30.0 Å². The molecule has 142 valence electrons. The standard InChI is InChI=1S/C21H19ClN4O2/c22-17-8-4-5-14(9-17)10-18-11-19(28-26-18)21(27)23-12-16-13-24-25-20(16)15-6-2-1-3-7-15/h1-9,13,19H,10-12H2,(H,23,27)(H,24,25). The van der Waals surface area contributed by atoms with Crippen LogP contribution in [0.3, 0.4) is 0 Å². The number of carbonyl (C=O) groups is 1. The lowest BCUT2D eigenvalue weighted by Gasteiger charge is -2.10. The zero-order valence-corrected chi connectivity index (χ0v) is 15.8. The Hall–Kier alpha value is -3.12. The molecule has 1 atom stereocenters. The summed E-state index contributed by atoms with van der Waals surface area (Å²) in [6.45, 7) is 0.364. The fourth-order valence-corrected chi connectivity index (χ4v) is 3.36. The van der Waals surface area contributed by atoms with E-state index in [0.717, 1.165) is 28.1 Å². The van der Waals surface area contributed by atoms with Gasteiger partial charge in [0.05, 0.1) is 17.6 Å². The van der Waals surface area contributed by atoms with E-state index in [9.17, 15) is 4.79 Å². The molecule has 3 aromatic rings. The maximum atomic E-state index is 12.5. The first-order valence-electron chi connectivity index (χ1n) is 9.00. The van der Waals surface area contributed by atoms with Gasteiger partial charge in [0.15, 0.2) is 0 Å². The number of aromatic amines is 1. The van der Waals surface area contributed by atoms with Gasteiger partial charge in [-0.25, -0.2) is 0 Å². The van der Waals surface area contributed by atoms with Crippen LogP contribution < -0.4 is 5.32 Å². The Labute approximate surface area is 167 Å². The highest BCUT2D eigenvalue weighted by Gasteiger charge is 2.28. The summed E-state index contributed by atoms with van der Waals surface area (Å²) < 4.78 is 0. The summed E-state index contributed by atoms with van der Waals surface area (Å²) in [6.07, 6.45) is 2.19. The zero-order valence-electron chi connectivity index (χ0n) is 15.1. The van der Waals surface area contributed by atoms with Gasteiger partial charge in [0.25, 0.3) is 5.91 Å². The average molecular weight is 395 g/mol. The van der Waals surface area contributed by atoms with E-state index in [1.54, 1.807) is 6.20 Å². The van der Waals surface area contributed by atoms with E-state index in [1.165, 1.54) is 0 Å². The van der Waals surface area contributed by atoms with Gasteiger partial charge in [-0.3, -0.25) is 9.89 Å². The molecule has 28 heavy (non-hydrogen) atoms. The summed E-state index contributed by atoms with van der Waals surface area (Å²) in [7, 11) is 0. The second kappa shape index (κ2) is 8.27. The molecular formula is C21H19ClN4O2. The third-order valence-corrected chi connectivity index (χ3v) is 4.79. The number of halogens is 1. The molecule has 0 saturated heterocycles. The minimum absolute atomic E-state index is 0.190. The van der Waals surface area contributed by atoms with Gasteiger partial charge in [-0.15, -0.1) is 0 Å². The minimum Gasteiger partial charge on any atom is -0.382 e. The number of benzene rings is 2. The van der Waals surface area contributed by atoms with E-state index in [-0.39, 0.29) is 5.91 Å². The number of H-pyrrole nitrogens is 1. The van der Waals surface area contributed by atoms with Crippen LogP contribution in [0, 0.1) is 0 Å². The van der Waals surface area contributed by atoms with Crippen LogP contribution in [0.1, 0.15) is 17.5 Å². The monoisotopic (exact) mass is 394 g/mol. The molecule has 0 aliphatic carbocycles. The summed E-state index contributed by atoms with van der Waals surface area (Å²) in [5.74, 6) is -0.190. The van der Waals surface area contributed by atoms with Crippen LogP contribution in [0.4, 0.5) is 0 Å². The molecule has 1 amide bonds. The highest BCUT2D eigenvalue weighted by atomic mass is 35.5. The number of amides is 1. The van der Waals surface area contributed by atoms with Crippen molar-refractivity contribution in [2.24, 2.45) is 5.16 Å². The molecule has 4 rings (SSSR count). The molecule has 6 nitrogen and oxygen atoms in total. The van der Waals surface area contributed by atoms with Crippen molar-refractivity contribution >= 4 is 23.2 Å². The van der Waals surface area contributed by atoms with Crippen LogP contribution in [-0.2, 0) is 22.6 Å². The molecular weight excluding hydrogens is 376 g/mol. The van der Waals surface area contributed by atoms with Crippen molar-refractivity contribution in [1.29, 1.82) is 0 Å². The predicted molar refractivity (Wildman–Crippen MR) is 108 cm³/mol. The molecule has 7 heteroatoms. The fourth-order valence-electron chi connectivity index (χ4n) is 3.15. The molecule has 0 bridgehead atoms. The molecule has 1 aromatic heterocycles. The number of nitrogens with one attached hydrogen (secondary N) is 2. The lowest BCUT2D eigenvalue weighted by atomic mass is 10.0. The van der Waals surface area contributed by atoms with Crippen molar-refractivity contribution in [3.05, 3.63) is 76.9 Å². The van der Waals surface area contributed by atoms with Crippen LogP contribution in [-0.4, -0.2) is 27.9 Å². The summed E-state index contributed by atoms with van der Waals surface area (Å²) in [6, 6.07) is 17.5. The number of nitrogens with zero attached hydrogens (tertiary/aromatic N) is 2. The van der Waals surface area contributed by atoms with Crippen LogP contribution in [0.2, 0.25) is 5.02 Å². The van der Waals surface area contributed by atoms with E-state index >= 15 is 0 Å². The van der Waals surface area contributed by atoms with E-state index < -0.39 is 6.10 Å². The Kier molecular flexibility index (Phi) is 5.39. The fraction of sp³-hybridized carbons (Fsp3) is 0.190. The smallest absolute Gasteiger partial charge is 0.264 e. The highest BCUT2D eigenvalue weighted by Crippen LogP contribution is 2.21. The third-order valence-electron chi connectivity index (χ3n) is 4.55. The topological polar surface area (TPSA) is 79.4 Å². The first-order valence-corrected chi connectivity index (χ1v) is 9.38. The average Bonchev–Trinajstić information content (AvgIpc) is 3.36. The lowest BCUT2D eigenvalue weighted by molar-refractivity contribution is -0.131.